The average molecular weight is 389 g/mol. The number of carbonyl (C=O) groups is 2. The first kappa shape index (κ1) is 18.9. The molecule has 7 heteroatoms. The van der Waals surface area contributed by atoms with Crippen molar-refractivity contribution in [2.24, 2.45) is 5.92 Å². The van der Waals surface area contributed by atoms with Gasteiger partial charge in [-0.15, -0.1) is 0 Å². The van der Waals surface area contributed by atoms with Crippen LogP contribution in [0, 0.1) is 19.8 Å². The van der Waals surface area contributed by atoms with Crippen molar-refractivity contribution in [3.63, 3.8) is 0 Å². The number of pyridine rings is 1. The Kier molecular flexibility index (Phi) is 5.12. The van der Waals surface area contributed by atoms with Crippen LogP contribution in [0.3, 0.4) is 0 Å². The number of hydrogen-bond donors (Lipinski definition) is 2. The van der Waals surface area contributed by atoms with Crippen LogP contribution in [0.2, 0.25) is 0 Å². The summed E-state index contributed by atoms with van der Waals surface area (Å²) in [6.45, 7) is 4.56. The highest BCUT2D eigenvalue weighted by atomic mass is 16.2. The van der Waals surface area contributed by atoms with Gasteiger partial charge in [0.25, 0.3) is 5.91 Å². The molecule has 2 N–H and O–H groups in total. The van der Waals surface area contributed by atoms with Crippen molar-refractivity contribution < 1.29 is 9.59 Å². The van der Waals surface area contributed by atoms with Gasteiger partial charge in [-0.25, -0.2) is 9.97 Å². The molecule has 29 heavy (non-hydrogen) atoms. The van der Waals surface area contributed by atoms with E-state index in [4.69, 9.17) is 0 Å². The Hall–Kier alpha value is -3.48. The summed E-state index contributed by atoms with van der Waals surface area (Å²) in [5, 5.41) is 5.75. The Labute approximate surface area is 169 Å². The average Bonchev–Trinajstić information content (AvgIpc) is 3.46. The van der Waals surface area contributed by atoms with Crippen LogP contribution >= 0.6 is 0 Å². The number of rotatable bonds is 6. The molecule has 1 fully saturated rings. The zero-order valence-electron chi connectivity index (χ0n) is 16.5. The largest absolute Gasteiger partial charge is 0.347 e. The molecule has 0 atom stereocenters. The molecule has 3 aromatic rings. The molecule has 1 aliphatic carbocycles. The Morgan fingerprint density at radius 1 is 1.10 bits per heavy atom. The van der Waals surface area contributed by atoms with E-state index in [0.29, 0.717) is 23.7 Å². The lowest BCUT2D eigenvalue weighted by molar-refractivity contribution is -0.117. The summed E-state index contributed by atoms with van der Waals surface area (Å²) in [5.74, 6) is 0.573. The number of anilines is 1. The maximum atomic E-state index is 12.4. The van der Waals surface area contributed by atoms with Gasteiger partial charge >= 0.3 is 0 Å². The Bertz CT molecular complexity index is 1050. The smallest absolute Gasteiger partial charge is 0.271 e. The van der Waals surface area contributed by atoms with Gasteiger partial charge in [0.05, 0.1) is 11.9 Å². The van der Waals surface area contributed by atoms with Crippen molar-refractivity contribution in [2.45, 2.75) is 33.2 Å². The summed E-state index contributed by atoms with van der Waals surface area (Å²) < 4.78 is 1.68. The number of aromatic nitrogens is 3. The van der Waals surface area contributed by atoms with Crippen LogP contribution in [0.1, 0.15) is 40.0 Å². The molecule has 2 aromatic heterocycles. The van der Waals surface area contributed by atoms with Gasteiger partial charge in [-0.1, -0.05) is 18.2 Å². The fourth-order valence-electron chi connectivity index (χ4n) is 2.95. The highest BCUT2D eigenvalue weighted by molar-refractivity contribution is 5.94. The van der Waals surface area contributed by atoms with Gasteiger partial charge in [-0.2, -0.15) is 0 Å². The van der Waals surface area contributed by atoms with Gasteiger partial charge in [-0.3, -0.25) is 14.2 Å². The first-order valence-electron chi connectivity index (χ1n) is 9.65. The summed E-state index contributed by atoms with van der Waals surface area (Å²) in [4.78, 5) is 32.7. The molecule has 2 amide bonds. The highest BCUT2D eigenvalue weighted by Gasteiger charge is 2.29. The molecule has 0 radical (unpaired) electrons. The molecule has 0 spiro atoms. The van der Waals surface area contributed by atoms with Crippen LogP contribution in [0.5, 0.6) is 0 Å². The van der Waals surface area contributed by atoms with Crippen molar-refractivity contribution in [1.29, 1.82) is 0 Å². The van der Waals surface area contributed by atoms with Crippen molar-refractivity contribution in [1.82, 2.24) is 19.9 Å². The topological polar surface area (TPSA) is 88.9 Å². The van der Waals surface area contributed by atoms with E-state index in [1.54, 1.807) is 35.4 Å². The maximum absolute atomic E-state index is 12.4. The van der Waals surface area contributed by atoms with Crippen LogP contribution in [0.15, 0.2) is 49.1 Å². The lowest BCUT2D eigenvalue weighted by Crippen LogP contribution is -2.23. The third-order valence-corrected chi connectivity index (χ3v) is 5.07. The summed E-state index contributed by atoms with van der Waals surface area (Å²) in [7, 11) is 0. The monoisotopic (exact) mass is 389 g/mol. The Balaban J connectivity index is 1.37. The van der Waals surface area contributed by atoms with Gasteiger partial charge in [0.1, 0.15) is 17.8 Å². The van der Waals surface area contributed by atoms with Gasteiger partial charge in [0, 0.05) is 18.7 Å². The highest BCUT2D eigenvalue weighted by Crippen LogP contribution is 2.30. The molecule has 0 saturated heterocycles. The molecule has 0 unspecified atom stereocenters. The number of carbonyl (C=O) groups excluding carboxylic acids is 2. The SMILES string of the molecule is Cc1ccc(CNC(=O)c2cn(-c3ccc(NC(=O)C4CC4)cn3)cn2)cc1C. The molecule has 2 heterocycles. The predicted octanol–water partition coefficient (Wildman–Crippen LogP) is 3.16. The zero-order chi connectivity index (χ0) is 20.4. The van der Waals surface area contributed by atoms with E-state index in [1.165, 1.54) is 11.1 Å². The molecule has 0 aliphatic heterocycles. The zero-order valence-corrected chi connectivity index (χ0v) is 16.5. The molecule has 0 bridgehead atoms. The lowest BCUT2D eigenvalue weighted by Gasteiger charge is -2.06. The summed E-state index contributed by atoms with van der Waals surface area (Å²) in [6, 6.07) is 9.70. The lowest BCUT2D eigenvalue weighted by atomic mass is 10.1. The predicted molar refractivity (Wildman–Crippen MR) is 110 cm³/mol. The molecule has 4 rings (SSSR count). The minimum absolute atomic E-state index is 0.0462. The van der Waals surface area contributed by atoms with E-state index in [-0.39, 0.29) is 17.7 Å². The number of amides is 2. The second-order valence-corrected chi connectivity index (χ2v) is 7.44. The summed E-state index contributed by atoms with van der Waals surface area (Å²) >= 11 is 0. The van der Waals surface area contributed by atoms with Gasteiger partial charge in [-0.05, 0) is 55.5 Å². The first-order chi connectivity index (χ1) is 14.0. The third kappa shape index (κ3) is 4.51. The van der Waals surface area contributed by atoms with Crippen LogP contribution in [0.25, 0.3) is 5.82 Å². The first-order valence-corrected chi connectivity index (χ1v) is 9.65. The van der Waals surface area contributed by atoms with E-state index < -0.39 is 0 Å². The molecule has 1 aromatic carbocycles. The summed E-state index contributed by atoms with van der Waals surface area (Å²) in [5.41, 5.74) is 4.46. The fraction of sp³-hybridized carbons (Fsp3) is 0.273. The molecular weight excluding hydrogens is 366 g/mol. The number of aryl methyl sites for hydroxylation is 2. The van der Waals surface area contributed by atoms with Crippen LogP contribution < -0.4 is 10.6 Å². The molecule has 1 aliphatic rings. The summed E-state index contributed by atoms with van der Waals surface area (Å²) in [6.07, 6.45) is 6.72. The van der Waals surface area contributed by atoms with E-state index in [2.05, 4.69) is 40.5 Å². The Morgan fingerprint density at radius 2 is 1.93 bits per heavy atom. The van der Waals surface area contributed by atoms with E-state index in [0.717, 1.165) is 18.4 Å². The van der Waals surface area contributed by atoms with E-state index >= 15 is 0 Å². The van der Waals surface area contributed by atoms with Crippen molar-refractivity contribution in [3.05, 3.63) is 71.4 Å². The number of nitrogens with one attached hydrogen (secondary N) is 2. The standard InChI is InChI=1S/C22H23N5O2/c1-14-3-4-16(9-15(14)2)10-24-22(29)19-12-27(13-25-19)20-8-7-18(11-23-20)26-21(28)17-5-6-17/h3-4,7-9,11-13,17H,5-6,10H2,1-2H3,(H,24,29)(H,26,28). The normalized spacial score (nSPS) is 13.2. The molecule has 7 nitrogen and oxygen atoms in total. The quantitative estimate of drug-likeness (QED) is 0.678. The molecule has 1 saturated carbocycles. The van der Waals surface area contributed by atoms with E-state index in [1.807, 2.05) is 12.1 Å². The van der Waals surface area contributed by atoms with Crippen molar-refractivity contribution in [3.8, 4) is 5.82 Å². The maximum Gasteiger partial charge on any atom is 0.271 e. The number of nitrogens with zero attached hydrogens (tertiary/aromatic N) is 3. The minimum atomic E-state index is -0.240. The van der Waals surface area contributed by atoms with Gasteiger partial charge in [0.2, 0.25) is 5.91 Å². The second kappa shape index (κ2) is 7.87. The molecular formula is C22H23N5O2. The number of hydrogen-bond acceptors (Lipinski definition) is 4. The van der Waals surface area contributed by atoms with Gasteiger partial charge < -0.3 is 10.6 Å². The van der Waals surface area contributed by atoms with Gasteiger partial charge in [0.15, 0.2) is 0 Å². The fourth-order valence-corrected chi connectivity index (χ4v) is 2.95. The molecule has 148 valence electrons. The second-order valence-electron chi connectivity index (χ2n) is 7.44. The van der Waals surface area contributed by atoms with Crippen LogP contribution in [0.4, 0.5) is 5.69 Å². The van der Waals surface area contributed by atoms with Crippen LogP contribution in [-0.2, 0) is 11.3 Å². The van der Waals surface area contributed by atoms with Crippen LogP contribution in [-0.4, -0.2) is 26.3 Å². The third-order valence-electron chi connectivity index (χ3n) is 5.07. The van der Waals surface area contributed by atoms with E-state index in [9.17, 15) is 9.59 Å². The number of benzene rings is 1. The number of imidazole rings is 1. The Morgan fingerprint density at radius 3 is 2.62 bits per heavy atom. The van der Waals surface area contributed by atoms with Crippen molar-refractivity contribution >= 4 is 17.5 Å². The van der Waals surface area contributed by atoms with Crippen molar-refractivity contribution in [2.75, 3.05) is 5.32 Å². The minimum Gasteiger partial charge on any atom is -0.347 e.